The predicted octanol–water partition coefficient (Wildman–Crippen LogP) is 3.69. The summed E-state index contributed by atoms with van der Waals surface area (Å²) < 4.78 is 2.92. The normalized spacial score (nSPS) is 15.3. The highest BCUT2D eigenvalue weighted by Crippen LogP contribution is 2.30. The molecule has 1 saturated carbocycles. The van der Waals surface area contributed by atoms with Crippen LogP contribution in [-0.4, -0.2) is 43.8 Å². The van der Waals surface area contributed by atoms with E-state index in [2.05, 4.69) is 31.5 Å². The van der Waals surface area contributed by atoms with Crippen LogP contribution in [0.3, 0.4) is 0 Å². The van der Waals surface area contributed by atoms with Gasteiger partial charge in [0.15, 0.2) is 0 Å². The quantitative estimate of drug-likeness (QED) is 0.662. The van der Waals surface area contributed by atoms with E-state index in [0.717, 1.165) is 28.0 Å². The van der Waals surface area contributed by atoms with Crippen molar-refractivity contribution in [2.45, 2.75) is 49.8 Å². The van der Waals surface area contributed by atoms with E-state index in [-0.39, 0.29) is 5.91 Å². The van der Waals surface area contributed by atoms with Gasteiger partial charge in [-0.3, -0.25) is 4.79 Å². The molecule has 1 aliphatic carbocycles. The molecule has 0 bridgehead atoms. The molecule has 3 rings (SSSR count). The lowest BCUT2D eigenvalue weighted by atomic mass is 9.96. The fourth-order valence-electron chi connectivity index (χ4n) is 3.04. The van der Waals surface area contributed by atoms with Gasteiger partial charge in [0.05, 0.1) is 11.8 Å². The second-order valence-electron chi connectivity index (χ2n) is 6.33. The lowest BCUT2D eigenvalue weighted by Gasteiger charge is -2.22. The minimum atomic E-state index is 0.0685. The topological polar surface area (TPSA) is 63.9 Å². The maximum atomic E-state index is 12.5. The average molecular weight is 424 g/mol. The summed E-state index contributed by atoms with van der Waals surface area (Å²) in [5, 5.41) is 12.8. The van der Waals surface area contributed by atoms with Crippen LogP contribution in [0.1, 0.15) is 43.7 Å². The number of halogens is 1. The van der Waals surface area contributed by atoms with Crippen LogP contribution in [0.15, 0.2) is 33.9 Å². The molecule has 0 radical (unpaired) electrons. The Hall–Kier alpha value is -1.41. The molecule has 1 aliphatic rings. The molecule has 1 aromatic carbocycles. The summed E-state index contributed by atoms with van der Waals surface area (Å²) in [6.45, 7) is 0.578. The average Bonchev–Trinajstić information content (AvgIpc) is 3.11. The zero-order valence-electron chi connectivity index (χ0n) is 14.3. The van der Waals surface area contributed by atoms with Gasteiger partial charge in [0.25, 0.3) is 0 Å². The molecular formula is C17H22BrN5OS. The molecule has 1 aromatic heterocycles. The zero-order chi connectivity index (χ0) is 17.6. The Morgan fingerprint density at radius 3 is 2.84 bits per heavy atom. The third-order valence-corrected chi connectivity index (χ3v) is 6.19. The van der Waals surface area contributed by atoms with E-state index in [0.29, 0.717) is 18.3 Å². The Balaban J connectivity index is 1.55. The second-order valence-corrected chi connectivity index (χ2v) is 8.12. The van der Waals surface area contributed by atoms with E-state index in [1.54, 1.807) is 4.90 Å². The van der Waals surface area contributed by atoms with Gasteiger partial charge >= 0.3 is 0 Å². The number of amides is 1. The highest BCUT2D eigenvalue weighted by Gasteiger charge is 2.21. The zero-order valence-corrected chi connectivity index (χ0v) is 16.7. The number of carbonyl (C=O) groups is 1. The van der Waals surface area contributed by atoms with Crippen molar-refractivity contribution in [3.05, 3.63) is 34.3 Å². The van der Waals surface area contributed by atoms with E-state index >= 15 is 0 Å². The highest BCUT2D eigenvalue weighted by molar-refractivity contribution is 9.10. The van der Waals surface area contributed by atoms with Gasteiger partial charge in [-0.15, -0.1) is 5.10 Å². The van der Waals surface area contributed by atoms with Crippen LogP contribution in [0.4, 0.5) is 0 Å². The number of carbonyl (C=O) groups excluding carboxylic acids is 1. The third kappa shape index (κ3) is 4.82. The van der Waals surface area contributed by atoms with Crippen molar-refractivity contribution < 1.29 is 4.79 Å². The number of tetrazole rings is 1. The molecule has 8 heteroatoms. The minimum Gasteiger partial charge on any atom is -0.341 e. The number of hydrogen-bond acceptors (Lipinski definition) is 5. The van der Waals surface area contributed by atoms with Crippen molar-refractivity contribution in [3.63, 3.8) is 0 Å². The summed E-state index contributed by atoms with van der Waals surface area (Å²) in [5.74, 6) is 0.410. The molecule has 6 nitrogen and oxygen atoms in total. The molecule has 0 atom stereocenters. The Bertz CT molecular complexity index is 717. The molecular weight excluding hydrogens is 402 g/mol. The molecule has 1 fully saturated rings. The van der Waals surface area contributed by atoms with E-state index in [9.17, 15) is 4.79 Å². The summed E-state index contributed by atoms with van der Waals surface area (Å²) in [5.41, 5.74) is 1.09. The van der Waals surface area contributed by atoms with Crippen LogP contribution in [0, 0.1) is 0 Å². The molecule has 1 heterocycles. The van der Waals surface area contributed by atoms with E-state index in [1.807, 2.05) is 36.0 Å². The van der Waals surface area contributed by atoms with Crippen LogP contribution in [-0.2, 0) is 11.3 Å². The summed E-state index contributed by atoms with van der Waals surface area (Å²) in [4.78, 5) is 14.2. The van der Waals surface area contributed by atoms with Crippen LogP contribution < -0.4 is 0 Å². The molecule has 134 valence electrons. The van der Waals surface area contributed by atoms with Crippen molar-refractivity contribution in [2.24, 2.45) is 0 Å². The lowest BCUT2D eigenvalue weighted by molar-refractivity contribution is -0.127. The summed E-state index contributed by atoms with van der Waals surface area (Å²) in [6, 6.07) is 8.33. The molecule has 0 unspecified atom stereocenters. The van der Waals surface area contributed by atoms with Crippen molar-refractivity contribution in [3.8, 4) is 0 Å². The molecule has 1 amide bonds. The van der Waals surface area contributed by atoms with Gasteiger partial charge < -0.3 is 4.90 Å². The number of aromatic nitrogens is 4. The Labute approximate surface area is 160 Å². The Kier molecular flexibility index (Phi) is 6.47. The van der Waals surface area contributed by atoms with Crippen molar-refractivity contribution in [1.82, 2.24) is 25.1 Å². The van der Waals surface area contributed by atoms with Gasteiger partial charge in [0.1, 0.15) is 0 Å². The molecule has 25 heavy (non-hydrogen) atoms. The fraction of sp³-hybridized carbons (Fsp3) is 0.529. The standard InChI is InChI=1S/C17H22BrN5OS/c1-22(11-13-7-5-6-10-15(13)18)16(24)12-25-17-19-20-21-23(17)14-8-3-2-4-9-14/h5-7,10,14H,2-4,8-9,11-12H2,1H3. The fourth-order valence-corrected chi connectivity index (χ4v) is 4.34. The monoisotopic (exact) mass is 423 g/mol. The van der Waals surface area contributed by atoms with Crippen LogP contribution in [0.25, 0.3) is 0 Å². The van der Waals surface area contributed by atoms with E-state index < -0.39 is 0 Å². The first-order chi connectivity index (χ1) is 12.1. The lowest BCUT2D eigenvalue weighted by Crippen LogP contribution is -2.28. The number of benzene rings is 1. The van der Waals surface area contributed by atoms with Crippen LogP contribution in [0.5, 0.6) is 0 Å². The smallest absolute Gasteiger partial charge is 0.233 e. The Morgan fingerprint density at radius 1 is 1.32 bits per heavy atom. The first-order valence-corrected chi connectivity index (χ1v) is 10.3. The van der Waals surface area contributed by atoms with Crippen molar-refractivity contribution in [2.75, 3.05) is 12.8 Å². The molecule has 0 saturated heterocycles. The maximum Gasteiger partial charge on any atom is 0.233 e. The predicted molar refractivity (Wildman–Crippen MR) is 101 cm³/mol. The molecule has 0 N–H and O–H groups in total. The van der Waals surface area contributed by atoms with Gasteiger partial charge in [-0.1, -0.05) is 65.2 Å². The largest absolute Gasteiger partial charge is 0.341 e. The summed E-state index contributed by atoms with van der Waals surface area (Å²) >= 11 is 4.95. The molecule has 2 aromatic rings. The SMILES string of the molecule is CN(Cc1ccccc1Br)C(=O)CSc1nnnn1C1CCCCC1. The summed E-state index contributed by atoms with van der Waals surface area (Å²) in [6.07, 6.45) is 5.98. The molecule has 0 spiro atoms. The van der Waals surface area contributed by atoms with Crippen molar-refractivity contribution >= 4 is 33.6 Å². The number of hydrogen-bond donors (Lipinski definition) is 0. The third-order valence-electron chi connectivity index (χ3n) is 4.50. The first kappa shape index (κ1) is 18.4. The van der Waals surface area contributed by atoms with Gasteiger partial charge in [-0.2, -0.15) is 0 Å². The number of thioether (sulfide) groups is 1. The van der Waals surface area contributed by atoms with Gasteiger partial charge in [-0.05, 0) is 34.9 Å². The summed E-state index contributed by atoms with van der Waals surface area (Å²) in [7, 11) is 1.83. The van der Waals surface area contributed by atoms with Gasteiger partial charge in [0, 0.05) is 18.1 Å². The highest BCUT2D eigenvalue weighted by atomic mass is 79.9. The molecule has 0 aliphatic heterocycles. The maximum absolute atomic E-state index is 12.5. The van der Waals surface area contributed by atoms with Gasteiger partial charge in [0.2, 0.25) is 11.1 Å². The Morgan fingerprint density at radius 2 is 2.08 bits per heavy atom. The van der Waals surface area contributed by atoms with Gasteiger partial charge in [-0.25, -0.2) is 4.68 Å². The minimum absolute atomic E-state index is 0.0685. The first-order valence-electron chi connectivity index (χ1n) is 8.53. The number of rotatable bonds is 6. The number of nitrogens with zero attached hydrogens (tertiary/aromatic N) is 5. The van der Waals surface area contributed by atoms with E-state index in [4.69, 9.17) is 0 Å². The van der Waals surface area contributed by atoms with Crippen LogP contribution in [0.2, 0.25) is 0 Å². The second kappa shape index (κ2) is 8.80. The van der Waals surface area contributed by atoms with E-state index in [1.165, 1.54) is 31.0 Å². The van der Waals surface area contributed by atoms with Crippen molar-refractivity contribution in [1.29, 1.82) is 0 Å². The van der Waals surface area contributed by atoms with Crippen LogP contribution >= 0.6 is 27.7 Å².